The van der Waals surface area contributed by atoms with Crippen molar-refractivity contribution in [3.63, 3.8) is 0 Å². The highest BCUT2D eigenvalue weighted by Crippen LogP contribution is 2.47. The maximum atomic E-state index is 14.5. The van der Waals surface area contributed by atoms with Crippen LogP contribution in [0.5, 0.6) is 17.2 Å². The van der Waals surface area contributed by atoms with Gasteiger partial charge < -0.3 is 66.2 Å². The number of nitrogens with zero attached hydrogens (tertiary/aromatic N) is 10. The highest BCUT2D eigenvalue weighted by molar-refractivity contribution is 7.12. The van der Waals surface area contributed by atoms with Crippen molar-refractivity contribution in [1.82, 2.24) is 60.1 Å². The number of aldehydes is 1. The van der Waals surface area contributed by atoms with Crippen molar-refractivity contribution in [2.75, 3.05) is 132 Å². The highest BCUT2D eigenvalue weighted by Gasteiger charge is 2.36. The Morgan fingerprint density at radius 1 is 0.820 bits per heavy atom. The predicted octanol–water partition coefficient (Wildman–Crippen LogP) is 0.442. The van der Waals surface area contributed by atoms with Gasteiger partial charge in [0, 0.05) is 145 Å². The summed E-state index contributed by atoms with van der Waals surface area (Å²) in [6.45, 7) is 3.18. The molecule has 0 radical (unpaired) electrons. The second kappa shape index (κ2) is 32.8. The van der Waals surface area contributed by atoms with E-state index in [0.717, 1.165) is 24.3 Å². The maximum absolute atomic E-state index is 14.5. The Morgan fingerprint density at radius 2 is 1.49 bits per heavy atom. The number of guanidine groups is 1. The molecule has 1 unspecified atom stereocenters. The van der Waals surface area contributed by atoms with Gasteiger partial charge in [-0.15, -0.1) is 11.3 Å². The molecule has 89 heavy (non-hydrogen) atoms. The Morgan fingerprint density at radius 3 is 2.11 bits per heavy atom. The molecule has 3 fully saturated rings. The van der Waals surface area contributed by atoms with Crippen LogP contribution in [0.1, 0.15) is 67.4 Å². The number of aliphatic carboxylic acids is 3. The van der Waals surface area contributed by atoms with E-state index in [9.17, 15) is 53.7 Å². The lowest BCUT2D eigenvalue weighted by molar-refractivity contribution is -0.140. The van der Waals surface area contributed by atoms with Gasteiger partial charge in [-0.2, -0.15) is 5.10 Å². The Kier molecular flexibility index (Phi) is 24.6. The molecule has 482 valence electrons. The number of carbonyl (C=O) groups excluding carboxylic acids is 5. The summed E-state index contributed by atoms with van der Waals surface area (Å²) in [5.74, 6) is -2.78. The zero-order valence-corrected chi connectivity index (χ0v) is 50.9. The third-order valence-corrected chi connectivity index (χ3v) is 16.9. The highest BCUT2D eigenvalue weighted by atomic mass is 32.1. The van der Waals surface area contributed by atoms with Crippen LogP contribution in [0.2, 0.25) is 0 Å². The molecule has 0 bridgehead atoms. The molecule has 1 saturated carbocycles. The van der Waals surface area contributed by atoms with Crippen molar-refractivity contribution in [3.05, 3.63) is 59.4 Å². The Balaban J connectivity index is 0.873. The number of methoxy groups -OCH3 is 1. The van der Waals surface area contributed by atoms with Gasteiger partial charge in [-0.3, -0.25) is 68.5 Å². The lowest BCUT2D eigenvalue weighted by atomic mass is 9.84. The molecule has 8 rings (SSSR count). The van der Waals surface area contributed by atoms with E-state index >= 15 is 0 Å². The number of nitrogens with one attached hydrogen (secondary N) is 3. The van der Waals surface area contributed by atoms with E-state index in [1.165, 1.54) is 11.3 Å². The van der Waals surface area contributed by atoms with Gasteiger partial charge in [0.15, 0.2) is 17.9 Å². The van der Waals surface area contributed by atoms with Crippen LogP contribution in [0, 0.1) is 5.92 Å². The third-order valence-electron chi connectivity index (χ3n) is 16.1. The van der Waals surface area contributed by atoms with Gasteiger partial charge in [-0.05, 0) is 68.2 Å². The number of hydrogen-bond donors (Lipinski definition) is 8. The van der Waals surface area contributed by atoms with Crippen LogP contribution >= 0.6 is 11.3 Å². The molecule has 1 aromatic carbocycles. The SMILES string of the molecule is COc1cc2c(cc1-c1cncc(OCCCNC(=O)[C@H](CCCN=C(N)N)NC(=O)CCNC(C=O)N3CCN(CC(=O)O)CCN(CC(=O)O)CCN(CC(=O)O)CC3)c1)-c1c(c(C(=O)N3CCCN(C(=O)C4CCC4)CC3)nn1-c1cccs1)CO2. The molecule has 3 aliphatic heterocycles. The number of benzene rings is 1. The molecule has 4 amide bonds. The van der Waals surface area contributed by atoms with Crippen LogP contribution in [0.25, 0.3) is 27.4 Å². The lowest BCUT2D eigenvalue weighted by Crippen LogP contribution is -2.54. The summed E-state index contributed by atoms with van der Waals surface area (Å²) in [4.78, 5) is 121. The molecule has 0 spiro atoms. The molecule has 30 heteroatoms. The summed E-state index contributed by atoms with van der Waals surface area (Å²) in [6.07, 6.45) is 7.29. The smallest absolute Gasteiger partial charge is 0.317 e. The van der Waals surface area contributed by atoms with Crippen molar-refractivity contribution in [2.45, 2.75) is 70.2 Å². The van der Waals surface area contributed by atoms with Crippen molar-refractivity contribution in [1.29, 1.82) is 0 Å². The van der Waals surface area contributed by atoms with Gasteiger partial charge >= 0.3 is 17.9 Å². The fourth-order valence-corrected chi connectivity index (χ4v) is 11.8. The first-order valence-electron chi connectivity index (χ1n) is 30.0. The van der Waals surface area contributed by atoms with Gasteiger partial charge in [0.25, 0.3) is 5.91 Å². The molecule has 4 aliphatic rings. The number of hydrogen-bond acceptors (Lipinski definition) is 20. The van der Waals surface area contributed by atoms with E-state index < -0.39 is 41.9 Å². The number of pyridine rings is 1. The van der Waals surface area contributed by atoms with E-state index in [4.69, 9.17) is 30.8 Å². The summed E-state index contributed by atoms with van der Waals surface area (Å²) in [5.41, 5.74) is 14.8. The number of fused-ring (bicyclic) bond motifs is 3. The first-order valence-corrected chi connectivity index (χ1v) is 30.9. The number of aliphatic imine (C=N–C) groups is 1. The van der Waals surface area contributed by atoms with Crippen molar-refractivity contribution >= 4 is 65.1 Å². The zero-order chi connectivity index (χ0) is 63.4. The van der Waals surface area contributed by atoms with Crippen LogP contribution in [-0.4, -0.2) is 257 Å². The summed E-state index contributed by atoms with van der Waals surface area (Å²) >= 11 is 1.49. The molecule has 3 aromatic heterocycles. The Hall–Kier alpha value is -8.29. The summed E-state index contributed by atoms with van der Waals surface area (Å²) in [7, 11) is 1.56. The topological polar surface area (TPSA) is 376 Å². The normalized spacial score (nSPS) is 17.1. The number of aromatic nitrogens is 3. The van der Waals surface area contributed by atoms with Crippen molar-refractivity contribution < 1.29 is 67.9 Å². The first kappa shape index (κ1) is 66.7. The van der Waals surface area contributed by atoms with E-state index in [1.54, 1.807) is 48.7 Å². The monoisotopic (exact) mass is 1260 g/mol. The van der Waals surface area contributed by atoms with E-state index in [-0.39, 0.29) is 141 Å². The Labute approximate surface area is 519 Å². The lowest BCUT2D eigenvalue weighted by Gasteiger charge is -2.35. The number of amides is 4. The second-order valence-electron chi connectivity index (χ2n) is 22.3. The molecular formula is C59H81N15O14S. The van der Waals surface area contributed by atoms with Crippen LogP contribution in [0.4, 0.5) is 0 Å². The van der Waals surface area contributed by atoms with Crippen LogP contribution in [-0.2, 0) is 40.2 Å². The van der Waals surface area contributed by atoms with Crippen molar-refractivity contribution in [2.24, 2.45) is 22.4 Å². The Bertz CT molecular complexity index is 3110. The average Bonchev–Trinajstić information content (AvgIpc) is 1.69. The minimum atomic E-state index is -1.09. The van der Waals surface area contributed by atoms with Crippen LogP contribution in [0.3, 0.4) is 0 Å². The third kappa shape index (κ3) is 18.9. The van der Waals surface area contributed by atoms with Gasteiger partial charge in [0.05, 0.1) is 45.2 Å². The van der Waals surface area contributed by atoms with Crippen LogP contribution in [0.15, 0.2) is 53.1 Å². The molecule has 1 aliphatic carbocycles. The zero-order valence-electron chi connectivity index (χ0n) is 50.1. The second-order valence-corrected chi connectivity index (χ2v) is 23.2. The molecule has 10 N–H and O–H groups in total. The number of rotatable bonds is 28. The average molecular weight is 1260 g/mol. The first-order chi connectivity index (χ1) is 43.0. The minimum absolute atomic E-state index is 0.00726. The van der Waals surface area contributed by atoms with Gasteiger partial charge in [-0.1, -0.05) is 6.42 Å². The molecule has 29 nitrogen and oxygen atoms in total. The largest absolute Gasteiger partial charge is 0.496 e. The number of nitrogens with two attached hydrogens (primary N) is 2. The quantitative estimate of drug-likeness (QED) is 0.0166. The summed E-state index contributed by atoms with van der Waals surface area (Å²) in [6, 6.07) is 8.46. The van der Waals surface area contributed by atoms with Gasteiger partial charge in [0.1, 0.15) is 41.1 Å². The number of carboxylic acids is 3. The standard InChI is InChI=1S/C59H81N15O14S/c1-86-46-31-47-43(55-44(38-88-47)54(67-74(55)50-10-4-28-89-50)58(85)73-16-6-15-72(25-26-73)57(84)39-7-2-8-39)30-42(46)40-29-41(33-62-32-40)87-27-5-13-64-56(83)45(9-3-12-65-59(60)61)66-49(76)11-14-63-48(37-75)71-23-21-69(35-52(79)80)19-17-68(34-51(77)78)18-20-70(22-24-71)36-53(81)82/h4,10,28-33,37,39,45,48,63H,2-3,5-9,11-27,34-36,38H2,1H3,(H,64,83)(H,66,76)(H,77,78)(H,79,80)(H,81,82)(H4,60,61,65)/t45-,48?/m0/s1. The predicted molar refractivity (Wildman–Crippen MR) is 327 cm³/mol. The van der Waals surface area contributed by atoms with E-state index in [2.05, 4.69) is 25.9 Å². The summed E-state index contributed by atoms with van der Waals surface area (Å²) < 4.78 is 20.2. The molecule has 2 atom stereocenters. The summed E-state index contributed by atoms with van der Waals surface area (Å²) in [5, 5.41) is 45.2. The number of carbonyl (C=O) groups is 8. The maximum Gasteiger partial charge on any atom is 0.317 e. The number of ether oxygens (including phenoxy) is 3. The molecule has 4 aromatic rings. The number of carboxylic acid groups (broad SMARTS) is 3. The molecular weight excluding hydrogens is 1170 g/mol. The fourth-order valence-electron chi connectivity index (χ4n) is 11.2. The van der Waals surface area contributed by atoms with E-state index in [0.29, 0.717) is 103 Å². The minimum Gasteiger partial charge on any atom is -0.496 e. The molecule has 6 heterocycles. The van der Waals surface area contributed by atoms with Crippen molar-refractivity contribution in [3.8, 4) is 44.6 Å². The van der Waals surface area contributed by atoms with Gasteiger partial charge in [-0.25, -0.2) is 4.68 Å². The molecule has 2 saturated heterocycles. The van der Waals surface area contributed by atoms with Gasteiger partial charge in [0.2, 0.25) is 17.7 Å². The number of thiophene rings is 1. The van der Waals surface area contributed by atoms with Crippen LogP contribution < -0.4 is 41.6 Å². The fraction of sp³-hybridized carbons (Fsp3) is 0.542. The van der Waals surface area contributed by atoms with E-state index in [1.807, 2.05) is 40.6 Å².